The van der Waals surface area contributed by atoms with E-state index in [0.29, 0.717) is 5.02 Å². The summed E-state index contributed by atoms with van der Waals surface area (Å²) in [5.41, 5.74) is 2.07. The van der Waals surface area contributed by atoms with Crippen LogP contribution in [0.15, 0.2) is 12.1 Å². The van der Waals surface area contributed by atoms with Gasteiger partial charge in [0.15, 0.2) is 0 Å². The molecule has 1 N–H and O–H groups in total. The molecule has 0 atom stereocenters. The zero-order chi connectivity index (χ0) is 10.2. The van der Waals surface area contributed by atoms with Gasteiger partial charge in [-0.1, -0.05) is 29.3 Å². The molecule has 1 nitrogen and oxygen atoms in total. The maximum absolute atomic E-state index is 9.83. The highest BCUT2D eigenvalue weighted by atomic mass is 35.5. The summed E-state index contributed by atoms with van der Waals surface area (Å²) in [4.78, 5) is 0. The summed E-state index contributed by atoms with van der Waals surface area (Å²) in [6, 6.07) is 3.94. The summed E-state index contributed by atoms with van der Waals surface area (Å²) in [5, 5.41) is 10.5. The normalized spacial score (nSPS) is 11.8. The van der Waals surface area contributed by atoms with E-state index in [1.165, 1.54) is 0 Å². The first-order chi connectivity index (χ1) is 5.82. The first-order valence-electron chi connectivity index (χ1n) is 4.32. The second-order valence-corrected chi connectivity index (χ2v) is 4.38. The highest BCUT2D eigenvalue weighted by Crippen LogP contribution is 2.30. The van der Waals surface area contributed by atoms with E-state index in [-0.39, 0.29) is 0 Å². The number of hydrogen-bond donors (Lipinski definition) is 1. The standard InChI is InChI=1S/C11H15ClO/c1-7-5-8(2)10(12)9(6-7)11(3,4)13/h5-6,13H,1-4H3. The van der Waals surface area contributed by atoms with Crippen molar-refractivity contribution in [1.82, 2.24) is 0 Å². The summed E-state index contributed by atoms with van der Waals surface area (Å²) < 4.78 is 0. The van der Waals surface area contributed by atoms with Crippen LogP contribution in [0.1, 0.15) is 30.5 Å². The summed E-state index contributed by atoms with van der Waals surface area (Å²) in [5.74, 6) is 0. The Morgan fingerprint density at radius 2 is 1.77 bits per heavy atom. The van der Waals surface area contributed by atoms with Crippen molar-refractivity contribution in [1.29, 1.82) is 0 Å². The molecule has 1 aromatic carbocycles. The van der Waals surface area contributed by atoms with Crippen LogP contribution >= 0.6 is 11.6 Å². The van der Waals surface area contributed by atoms with Crippen LogP contribution in [0.3, 0.4) is 0 Å². The molecule has 0 amide bonds. The van der Waals surface area contributed by atoms with Crippen molar-refractivity contribution in [3.05, 3.63) is 33.8 Å². The molecule has 0 fully saturated rings. The predicted molar refractivity (Wildman–Crippen MR) is 56.2 cm³/mol. The number of benzene rings is 1. The number of aryl methyl sites for hydroxylation is 2. The number of halogens is 1. The van der Waals surface area contributed by atoms with E-state index in [0.717, 1.165) is 16.7 Å². The van der Waals surface area contributed by atoms with Crippen LogP contribution in [-0.4, -0.2) is 5.11 Å². The van der Waals surface area contributed by atoms with Crippen LogP contribution in [0.25, 0.3) is 0 Å². The predicted octanol–water partition coefficient (Wildman–Crippen LogP) is 3.18. The average molecular weight is 199 g/mol. The fourth-order valence-electron chi connectivity index (χ4n) is 1.40. The van der Waals surface area contributed by atoms with Crippen LogP contribution in [0, 0.1) is 13.8 Å². The summed E-state index contributed by atoms with van der Waals surface area (Å²) >= 11 is 6.09. The van der Waals surface area contributed by atoms with Gasteiger partial charge in [-0.3, -0.25) is 0 Å². The first-order valence-corrected chi connectivity index (χ1v) is 4.70. The lowest BCUT2D eigenvalue weighted by Gasteiger charge is -2.21. The topological polar surface area (TPSA) is 20.2 Å². The van der Waals surface area contributed by atoms with Crippen LogP contribution < -0.4 is 0 Å². The van der Waals surface area contributed by atoms with Crippen molar-refractivity contribution in [3.63, 3.8) is 0 Å². The third-order valence-corrected chi connectivity index (χ3v) is 2.56. The molecule has 1 aromatic rings. The summed E-state index contributed by atoms with van der Waals surface area (Å²) in [6.07, 6.45) is 0. The molecule has 0 aliphatic carbocycles. The molecular formula is C11H15ClO. The molecule has 0 heterocycles. The molecule has 0 aromatic heterocycles. The minimum absolute atomic E-state index is 0.665. The van der Waals surface area contributed by atoms with Crippen LogP contribution in [0.4, 0.5) is 0 Å². The third kappa shape index (κ3) is 2.23. The lowest BCUT2D eigenvalue weighted by molar-refractivity contribution is 0.0786. The van der Waals surface area contributed by atoms with Gasteiger partial charge >= 0.3 is 0 Å². The van der Waals surface area contributed by atoms with Crippen molar-refractivity contribution < 1.29 is 5.11 Å². The van der Waals surface area contributed by atoms with E-state index in [2.05, 4.69) is 0 Å². The second kappa shape index (κ2) is 3.32. The Kier molecular flexibility index (Phi) is 2.69. The monoisotopic (exact) mass is 198 g/mol. The SMILES string of the molecule is Cc1cc(C)c(Cl)c(C(C)(C)O)c1. The average Bonchev–Trinajstić information content (AvgIpc) is 1.94. The highest BCUT2D eigenvalue weighted by Gasteiger charge is 2.20. The maximum atomic E-state index is 9.83. The quantitative estimate of drug-likeness (QED) is 0.735. The number of hydrogen-bond acceptors (Lipinski definition) is 1. The molecule has 0 aliphatic heterocycles. The molecule has 0 saturated carbocycles. The third-order valence-electron chi connectivity index (χ3n) is 2.06. The Morgan fingerprint density at radius 1 is 1.23 bits per heavy atom. The van der Waals surface area contributed by atoms with Gasteiger partial charge in [0.25, 0.3) is 0 Å². The molecule has 0 aliphatic rings. The maximum Gasteiger partial charge on any atom is 0.0855 e. The molecule has 1 rings (SSSR count). The Morgan fingerprint density at radius 3 is 2.23 bits per heavy atom. The van der Waals surface area contributed by atoms with Crippen LogP contribution in [-0.2, 0) is 5.60 Å². The molecule has 2 heteroatoms. The second-order valence-electron chi connectivity index (χ2n) is 4.00. The van der Waals surface area contributed by atoms with Gasteiger partial charge in [0, 0.05) is 10.6 Å². The zero-order valence-electron chi connectivity index (χ0n) is 8.48. The first kappa shape index (κ1) is 10.6. The van der Waals surface area contributed by atoms with E-state index in [1.807, 2.05) is 26.0 Å². The van der Waals surface area contributed by atoms with E-state index >= 15 is 0 Å². The minimum atomic E-state index is -0.867. The van der Waals surface area contributed by atoms with Gasteiger partial charge in [0.05, 0.1) is 5.60 Å². The molecule has 0 spiro atoms. The van der Waals surface area contributed by atoms with E-state index in [1.54, 1.807) is 13.8 Å². The van der Waals surface area contributed by atoms with Gasteiger partial charge in [-0.05, 0) is 33.3 Å². The van der Waals surface area contributed by atoms with Gasteiger partial charge in [-0.15, -0.1) is 0 Å². The smallest absolute Gasteiger partial charge is 0.0855 e. The Bertz CT molecular complexity index is 324. The molecule has 0 radical (unpaired) electrons. The van der Waals surface area contributed by atoms with E-state index in [4.69, 9.17) is 11.6 Å². The number of aliphatic hydroxyl groups is 1. The Labute approximate surface area is 84.4 Å². The molecule has 0 bridgehead atoms. The van der Waals surface area contributed by atoms with Crippen molar-refractivity contribution in [2.45, 2.75) is 33.3 Å². The molecule has 0 saturated heterocycles. The Hall–Kier alpha value is -0.530. The molecular weight excluding hydrogens is 184 g/mol. The van der Waals surface area contributed by atoms with Crippen molar-refractivity contribution in [2.75, 3.05) is 0 Å². The van der Waals surface area contributed by atoms with Gasteiger partial charge in [0.1, 0.15) is 0 Å². The van der Waals surface area contributed by atoms with Crippen LogP contribution in [0.2, 0.25) is 5.02 Å². The fourth-order valence-corrected chi connectivity index (χ4v) is 1.74. The van der Waals surface area contributed by atoms with E-state index in [9.17, 15) is 5.11 Å². The highest BCUT2D eigenvalue weighted by molar-refractivity contribution is 6.32. The van der Waals surface area contributed by atoms with Crippen LogP contribution in [0.5, 0.6) is 0 Å². The van der Waals surface area contributed by atoms with Gasteiger partial charge in [-0.25, -0.2) is 0 Å². The van der Waals surface area contributed by atoms with E-state index < -0.39 is 5.60 Å². The summed E-state index contributed by atoms with van der Waals surface area (Å²) in [7, 11) is 0. The Balaban J connectivity index is 3.37. The lowest BCUT2D eigenvalue weighted by Crippen LogP contribution is -2.16. The van der Waals surface area contributed by atoms with Crippen molar-refractivity contribution in [3.8, 4) is 0 Å². The largest absolute Gasteiger partial charge is 0.386 e. The van der Waals surface area contributed by atoms with Crippen molar-refractivity contribution in [2.24, 2.45) is 0 Å². The minimum Gasteiger partial charge on any atom is -0.386 e. The lowest BCUT2D eigenvalue weighted by atomic mass is 9.95. The zero-order valence-corrected chi connectivity index (χ0v) is 9.24. The summed E-state index contributed by atoms with van der Waals surface area (Å²) in [6.45, 7) is 7.43. The number of rotatable bonds is 1. The molecule has 13 heavy (non-hydrogen) atoms. The van der Waals surface area contributed by atoms with Gasteiger partial charge < -0.3 is 5.11 Å². The molecule has 72 valence electrons. The van der Waals surface area contributed by atoms with Crippen molar-refractivity contribution >= 4 is 11.6 Å². The fraction of sp³-hybridized carbons (Fsp3) is 0.455. The van der Waals surface area contributed by atoms with Gasteiger partial charge in [0.2, 0.25) is 0 Å². The van der Waals surface area contributed by atoms with Gasteiger partial charge in [-0.2, -0.15) is 0 Å². The molecule has 0 unspecified atom stereocenters.